The fourth-order valence-corrected chi connectivity index (χ4v) is 3.05. The molecule has 2 atom stereocenters. The lowest BCUT2D eigenvalue weighted by Crippen LogP contribution is -2.49. The molecule has 0 saturated carbocycles. The summed E-state index contributed by atoms with van der Waals surface area (Å²) in [6.07, 6.45) is 1.13. The van der Waals surface area contributed by atoms with Gasteiger partial charge in [-0.3, -0.25) is 9.59 Å². The van der Waals surface area contributed by atoms with Crippen LogP contribution in [0.15, 0.2) is 53.6 Å². The van der Waals surface area contributed by atoms with E-state index in [1.807, 2.05) is 44.2 Å². The lowest BCUT2D eigenvalue weighted by atomic mass is 10.0. The van der Waals surface area contributed by atoms with E-state index < -0.39 is 24.0 Å². The second-order valence-electron chi connectivity index (χ2n) is 7.17. The SMILES string of the molecule is CC(C)C[C@@H](NC(=O)[C@@H](C)Oc1ccc(Cl)cc1Cl)C(=O)N/N=C\c1ccccc1. The van der Waals surface area contributed by atoms with Crippen molar-refractivity contribution in [1.29, 1.82) is 0 Å². The molecule has 0 spiro atoms. The molecule has 2 N–H and O–H groups in total. The third-order valence-corrected chi connectivity index (χ3v) is 4.63. The molecule has 0 fully saturated rings. The van der Waals surface area contributed by atoms with Gasteiger partial charge < -0.3 is 10.1 Å². The summed E-state index contributed by atoms with van der Waals surface area (Å²) in [4.78, 5) is 25.2. The zero-order valence-corrected chi connectivity index (χ0v) is 18.6. The Labute approximate surface area is 186 Å². The zero-order valence-electron chi connectivity index (χ0n) is 17.1. The van der Waals surface area contributed by atoms with Crippen LogP contribution in [0.4, 0.5) is 0 Å². The van der Waals surface area contributed by atoms with Gasteiger partial charge in [0.1, 0.15) is 11.8 Å². The number of nitrogens with one attached hydrogen (secondary N) is 2. The minimum Gasteiger partial charge on any atom is -0.479 e. The molecule has 0 aliphatic carbocycles. The van der Waals surface area contributed by atoms with Gasteiger partial charge in [0.25, 0.3) is 11.8 Å². The maximum absolute atomic E-state index is 12.6. The number of rotatable bonds is 9. The average Bonchev–Trinajstić information content (AvgIpc) is 2.69. The zero-order chi connectivity index (χ0) is 22.1. The van der Waals surface area contributed by atoms with E-state index in [1.54, 1.807) is 25.3 Å². The molecule has 0 saturated heterocycles. The van der Waals surface area contributed by atoms with E-state index in [1.165, 1.54) is 6.07 Å². The normalized spacial score (nSPS) is 13.1. The van der Waals surface area contributed by atoms with E-state index in [-0.39, 0.29) is 5.92 Å². The Kier molecular flexibility index (Phi) is 9.15. The van der Waals surface area contributed by atoms with E-state index in [0.29, 0.717) is 22.2 Å². The van der Waals surface area contributed by atoms with Crippen molar-refractivity contribution in [2.45, 2.75) is 39.3 Å². The third kappa shape index (κ3) is 7.69. The maximum atomic E-state index is 12.6. The van der Waals surface area contributed by atoms with Crippen molar-refractivity contribution >= 4 is 41.2 Å². The van der Waals surface area contributed by atoms with E-state index in [4.69, 9.17) is 27.9 Å². The summed E-state index contributed by atoms with van der Waals surface area (Å²) in [6.45, 7) is 5.51. The number of halogens is 2. The van der Waals surface area contributed by atoms with E-state index in [9.17, 15) is 9.59 Å². The van der Waals surface area contributed by atoms with Crippen LogP contribution in [0.3, 0.4) is 0 Å². The molecule has 2 aromatic rings. The smallest absolute Gasteiger partial charge is 0.262 e. The van der Waals surface area contributed by atoms with Gasteiger partial charge in [-0.2, -0.15) is 5.10 Å². The number of carbonyl (C=O) groups is 2. The highest BCUT2D eigenvalue weighted by Gasteiger charge is 2.25. The van der Waals surface area contributed by atoms with Gasteiger partial charge >= 0.3 is 0 Å². The molecule has 160 valence electrons. The van der Waals surface area contributed by atoms with Crippen LogP contribution in [-0.2, 0) is 9.59 Å². The molecule has 6 nitrogen and oxygen atoms in total. The average molecular weight is 450 g/mol. The first-order chi connectivity index (χ1) is 14.3. The monoisotopic (exact) mass is 449 g/mol. The fourth-order valence-electron chi connectivity index (χ4n) is 2.59. The largest absolute Gasteiger partial charge is 0.479 e. The first-order valence-corrected chi connectivity index (χ1v) is 10.3. The maximum Gasteiger partial charge on any atom is 0.262 e. The molecule has 2 rings (SSSR count). The van der Waals surface area contributed by atoms with Gasteiger partial charge in [-0.1, -0.05) is 67.4 Å². The second-order valence-corrected chi connectivity index (χ2v) is 8.01. The van der Waals surface area contributed by atoms with Crippen LogP contribution < -0.4 is 15.5 Å². The van der Waals surface area contributed by atoms with Gasteiger partial charge in [-0.25, -0.2) is 5.43 Å². The number of nitrogens with zero attached hydrogens (tertiary/aromatic N) is 1. The summed E-state index contributed by atoms with van der Waals surface area (Å²) in [5.41, 5.74) is 3.34. The van der Waals surface area contributed by atoms with Gasteiger partial charge in [0, 0.05) is 5.02 Å². The highest BCUT2D eigenvalue weighted by Crippen LogP contribution is 2.28. The van der Waals surface area contributed by atoms with Crippen LogP contribution in [0.25, 0.3) is 0 Å². The molecule has 0 aliphatic heterocycles. The highest BCUT2D eigenvalue weighted by atomic mass is 35.5. The Hall–Kier alpha value is -2.57. The topological polar surface area (TPSA) is 79.8 Å². The van der Waals surface area contributed by atoms with Crippen LogP contribution in [0.5, 0.6) is 5.75 Å². The standard InChI is InChI=1S/C22H25Cl2N3O3/c1-14(2)11-19(22(29)27-25-13-16-7-5-4-6-8-16)26-21(28)15(3)30-20-10-9-17(23)12-18(20)24/h4-10,12-15,19H,11H2,1-3H3,(H,26,28)(H,27,29)/b25-13-/t15-,19-/m1/s1. The van der Waals surface area contributed by atoms with Crippen LogP contribution in [0.1, 0.15) is 32.8 Å². The lowest BCUT2D eigenvalue weighted by molar-refractivity contribution is -0.132. The summed E-state index contributed by atoms with van der Waals surface area (Å²) in [5, 5.41) is 7.47. The first-order valence-electron chi connectivity index (χ1n) is 9.56. The van der Waals surface area contributed by atoms with Crippen molar-refractivity contribution in [1.82, 2.24) is 10.7 Å². The Bertz CT molecular complexity index is 888. The quantitative estimate of drug-likeness (QED) is 0.438. The van der Waals surface area contributed by atoms with Crippen LogP contribution in [0, 0.1) is 5.92 Å². The van der Waals surface area contributed by atoms with Crippen molar-refractivity contribution < 1.29 is 14.3 Å². The van der Waals surface area contributed by atoms with Crippen molar-refractivity contribution in [3.63, 3.8) is 0 Å². The molecule has 0 radical (unpaired) electrons. The highest BCUT2D eigenvalue weighted by molar-refractivity contribution is 6.35. The predicted molar refractivity (Wildman–Crippen MR) is 120 cm³/mol. The molecule has 2 aromatic carbocycles. The number of hydrogen-bond donors (Lipinski definition) is 2. The van der Waals surface area contributed by atoms with Crippen molar-refractivity contribution in [2.24, 2.45) is 11.0 Å². The molecule has 0 unspecified atom stereocenters. The molecular weight excluding hydrogens is 425 g/mol. The number of benzene rings is 2. The van der Waals surface area contributed by atoms with Crippen LogP contribution in [-0.4, -0.2) is 30.2 Å². The molecule has 0 aromatic heterocycles. The van der Waals surface area contributed by atoms with Gasteiger partial charge in [0.2, 0.25) is 0 Å². The third-order valence-electron chi connectivity index (χ3n) is 4.09. The number of hydrazone groups is 1. The van der Waals surface area contributed by atoms with Crippen molar-refractivity contribution in [2.75, 3.05) is 0 Å². The second kappa shape index (κ2) is 11.6. The molecule has 0 aliphatic rings. The van der Waals surface area contributed by atoms with Crippen molar-refractivity contribution in [3.05, 3.63) is 64.1 Å². The van der Waals surface area contributed by atoms with Gasteiger partial charge in [-0.05, 0) is 43.0 Å². The molecule has 0 heterocycles. The minimum atomic E-state index is -0.862. The van der Waals surface area contributed by atoms with E-state index in [0.717, 1.165) is 5.56 Å². The van der Waals surface area contributed by atoms with Gasteiger partial charge in [-0.15, -0.1) is 0 Å². The fraction of sp³-hybridized carbons (Fsp3) is 0.318. The van der Waals surface area contributed by atoms with Crippen molar-refractivity contribution in [3.8, 4) is 5.75 Å². The minimum absolute atomic E-state index is 0.182. The van der Waals surface area contributed by atoms with E-state index >= 15 is 0 Å². The Morgan fingerprint density at radius 1 is 1.07 bits per heavy atom. The predicted octanol–water partition coefficient (Wildman–Crippen LogP) is 4.44. The van der Waals surface area contributed by atoms with Gasteiger partial charge in [0.15, 0.2) is 6.10 Å². The number of hydrogen-bond acceptors (Lipinski definition) is 4. The number of ether oxygens (including phenoxy) is 1. The molecular formula is C22H25Cl2N3O3. The summed E-state index contributed by atoms with van der Waals surface area (Å²) in [6, 6.07) is 13.4. The Balaban J connectivity index is 1.98. The summed E-state index contributed by atoms with van der Waals surface area (Å²) >= 11 is 12.0. The summed E-state index contributed by atoms with van der Waals surface area (Å²) < 4.78 is 5.62. The molecule has 0 bridgehead atoms. The van der Waals surface area contributed by atoms with Gasteiger partial charge in [0.05, 0.1) is 11.2 Å². The first kappa shape index (κ1) is 23.7. The number of amides is 2. The number of carbonyl (C=O) groups excluding carboxylic acids is 2. The molecule has 30 heavy (non-hydrogen) atoms. The van der Waals surface area contributed by atoms with Crippen LogP contribution >= 0.6 is 23.2 Å². The summed E-state index contributed by atoms with van der Waals surface area (Å²) in [5.74, 6) is -0.322. The van der Waals surface area contributed by atoms with Crippen LogP contribution in [0.2, 0.25) is 10.0 Å². The Morgan fingerprint density at radius 2 is 1.77 bits per heavy atom. The van der Waals surface area contributed by atoms with E-state index in [2.05, 4.69) is 15.8 Å². The Morgan fingerprint density at radius 3 is 2.40 bits per heavy atom. The molecule has 8 heteroatoms. The summed E-state index contributed by atoms with van der Waals surface area (Å²) in [7, 11) is 0. The molecule has 2 amide bonds. The lowest BCUT2D eigenvalue weighted by Gasteiger charge is -2.22.